The number of hydrogen-bond acceptors (Lipinski definition) is 4. The van der Waals surface area contributed by atoms with E-state index in [-0.39, 0.29) is 12.0 Å². The molecule has 5 rings (SSSR count). The van der Waals surface area contributed by atoms with Crippen molar-refractivity contribution < 1.29 is 9.53 Å². The number of benzene rings is 1. The van der Waals surface area contributed by atoms with Gasteiger partial charge in [0.05, 0.1) is 25.0 Å². The molecule has 3 heterocycles. The Morgan fingerprint density at radius 2 is 1.96 bits per heavy atom. The first-order valence-electron chi connectivity index (χ1n) is 10.0. The van der Waals surface area contributed by atoms with Crippen molar-refractivity contribution in [2.75, 3.05) is 13.1 Å². The van der Waals surface area contributed by atoms with Crippen molar-refractivity contribution in [2.45, 2.75) is 44.8 Å². The maximum atomic E-state index is 12.8. The van der Waals surface area contributed by atoms with E-state index >= 15 is 0 Å². The number of carbonyl (C=O) groups excluding carboxylic acids is 1. The number of imidazole rings is 1. The molecule has 6 nitrogen and oxygen atoms in total. The van der Waals surface area contributed by atoms with E-state index in [0.29, 0.717) is 24.7 Å². The molecular formula is C22H24N4O2. The molecule has 0 N–H and O–H groups in total. The molecule has 1 aromatic carbocycles. The smallest absolute Gasteiger partial charge is 0.255 e. The molecule has 0 radical (unpaired) electrons. The number of amides is 1. The van der Waals surface area contributed by atoms with Crippen molar-refractivity contribution in [3.63, 3.8) is 0 Å². The minimum atomic E-state index is -0.00564. The van der Waals surface area contributed by atoms with Gasteiger partial charge in [0.1, 0.15) is 17.4 Å². The topological polar surface area (TPSA) is 60.2 Å². The summed E-state index contributed by atoms with van der Waals surface area (Å²) in [7, 11) is 0. The predicted octanol–water partition coefficient (Wildman–Crippen LogP) is 3.76. The van der Waals surface area contributed by atoms with E-state index in [1.165, 1.54) is 31.2 Å². The van der Waals surface area contributed by atoms with E-state index in [1.807, 2.05) is 43.6 Å². The summed E-state index contributed by atoms with van der Waals surface area (Å²) >= 11 is 0. The van der Waals surface area contributed by atoms with Gasteiger partial charge in [0.25, 0.3) is 5.91 Å². The van der Waals surface area contributed by atoms with E-state index in [4.69, 9.17) is 4.74 Å². The van der Waals surface area contributed by atoms with Crippen LogP contribution in [-0.2, 0) is 0 Å². The Bertz CT molecular complexity index is 1020. The number of carbonyl (C=O) groups is 1. The Balaban J connectivity index is 1.25. The second-order valence-electron chi connectivity index (χ2n) is 7.92. The van der Waals surface area contributed by atoms with Gasteiger partial charge in [0, 0.05) is 12.2 Å². The van der Waals surface area contributed by atoms with Crippen molar-refractivity contribution in [3.8, 4) is 5.75 Å². The minimum Gasteiger partial charge on any atom is -0.487 e. The third-order valence-corrected chi connectivity index (χ3v) is 5.81. The molecule has 2 aliphatic rings. The number of pyridine rings is 1. The lowest BCUT2D eigenvalue weighted by molar-refractivity contribution is 0.0177. The van der Waals surface area contributed by atoms with Crippen molar-refractivity contribution in [1.29, 1.82) is 0 Å². The van der Waals surface area contributed by atoms with E-state index in [9.17, 15) is 4.79 Å². The molecule has 144 valence electrons. The lowest BCUT2D eigenvalue weighted by atomic mass is 10.1. The fraction of sp³-hybridized carbons (Fsp3) is 0.409. The largest absolute Gasteiger partial charge is 0.487 e. The lowest BCUT2D eigenvalue weighted by Crippen LogP contribution is -2.56. The molecule has 1 saturated heterocycles. The predicted molar refractivity (Wildman–Crippen MR) is 107 cm³/mol. The number of rotatable bonds is 4. The number of aryl methyl sites for hydroxylation is 1. The fourth-order valence-electron chi connectivity index (χ4n) is 4.23. The highest BCUT2D eigenvalue weighted by atomic mass is 16.5. The van der Waals surface area contributed by atoms with E-state index in [1.54, 1.807) is 11.1 Å². The molecular weight excluding hydrogens is 352 g/mol. The molecule has 0 unspecified atom stereocenters. The van der Waals surface area contributed by atoms with E-state index in [2.05, 4.69) is 14.5 Å². The van der Waals surface area contributed by atoms with Crippen LogP contribution in [0.2, 0.25) is 0 Å². The quantitative estimate of drug-likeness (QED) is 0.696. The average Bonchev–Trinajstić information content (AvgIpc) is 3.32. The zero-order chi connectivity index (χ0) is 19.1. The summed E-state index contributed by atoms with van der Waals surface area (Å²) in [5.41, 5.74) is 3.44. The summed E-state index contributed by atoms with van der Waals surface area (Å²) in [6, 6.07) is 10.4. The Kier molecular flexibility index (Phi) is 4.26. The van der Waals surface area contributed by atoms with Crippen LogP contribution in [-0.4, -0.2) is 44.5 Å². The Labute approximate surface area is 164 Å². The van der Waals surface area contributed by atoms with Gasteiger partial charge in [-0.15, -0.1) is 0 Å². The third kappa shape index (κ3) is 3.13. The summed E-state index contributed by atoms with van der Waals surface area (Å²) < 4.78 is 8.13. The van der Waals surface area contributed by atoms with Crippen LogP contribution < -0.4 is 4.74 Å². The Morgan fingerprint density at radius 3 is 2.75 bits per heavy atom. The number of ether oxygens (including phenoxy) is 1. The van der Waals surface area contributed by atoms with Crippen LogP contribution >= 0.6 is 0 Å². The summed E-state index contributed by atoms with van der Waals surface area (Å²) in [6.45, 7) is 3.24. The van der Waals surface area contributed by atoms with Crippen LogP contribution in [0.4, 0.5) is 0 Å². The highest BCUT2D eigenvalue weighted by molar-refractivity contribution is 5.96. The van der Waals surface area contributed by atoms with E-state index < -0.39 is 0 Å². The fourth-order valence-corrected chi connectivity index (χ4v) is 4.23. The first kappa shape index (κ1) is 17.2. The highest BCUT2D eigenvalue weighted by Crippen LogP contribution is 2.31. The first-order chi connectivity index (χ1) is 13.7. The van der Waals surface area contributed by atoms with E-state index in [0.717, 1.165) is 16.9 Å². The zero-order valence-corrected chi connectivity index (χ0v) is 16.0. The van der Waals surface area contributed by atoms with Gasteiger partial charge in [0.15, 0.2) is 5.65 Å². The molecule has 28 heavy (non-hydrogen) atoms. The van der Waals surface area contributed by atoms with Crippen LogP contribution in [0.5, 0.6) is 5.75 Å². The van der Waals surface area contributed by atoms with Gasteiger partial charge in [-0.05, 0) is 43.5 Å². The molecule has 0 spiro atoms. The number of nitrogens with zero attached hydrogens (tertiary/aromatic N) is 4. The maximum absolute atomic E-state index is 12.8. The Morgan fingerprint density at radius 1 is 1.14 bits per heavy atom. The van der Waals surface area contributed by atoms with Gasteiger partial charge in [-0.1, -0.05) is 25.0 Å². The van der Waals surface area contributed by atoms with Crippen molar-refractivity contribution in [1.82, 2.24) is 19.4 Å². The van der Waals surface area contributed by atoms with Crippen LogP contribution in [0.3, 0.4) is 0 Å². The highest BCUT2D eigenvalue weighted by Gasteiger charge is 2.33. The molecule has 3 aromatic rings. The molecule has 2 aromatic heterocycles. The summed E-state index contributed by atoms with van der Waals surface area (Å²) in [6.07, 6.45) is 8.50. The maximum Gasteiger partial charge on any atom is 0.255 e. The number of hydrogen-bond donors (Lipinski definition) is 0. The minimum absolute atomic E-state index is 0.00564. The van der Waals surface area contributed by atoms with Crippen LogP contribution in [0.15, 0.2) is 42.9 Å². The lowest BCUT2D eigenvalue weighted by Gasteiger charge is -2.39. The second kappa shape index (κ2) is 6.93. The molecule has 1 aliphatic carbocycles. The summed E-state index contributed by atoms with van der Waals surface area (Å²) in [4.78, 5) is 23.6. The molecule has 6 heteroatoms. The van der Waals surface area contributed by atoms with Gasteiger partial charge in [-0.25, -0.2) is 9.97 Å². The molecule has 0 atom stereocenters. The normalized spacial score (nSPS) is 17.8. The van der Waals surface area contributed by atoms with Gasteiger partial charge >= 0.3 is 0 Å². The van der Waals surface area contributed by atoms with Crippen LogP contribution in [0, 0.1) is 6.92 Å². The second-order valence-corrected chi connectivity index (χ2v) is 7.92. The van der Waals surface area contributed by atoms with Crippen molar-refractivity contribution >= 4 is 17.1 Å². The number of aromatic nitrogens is 3. The molecule has 2 fully saturated rings. The SMILES string of the molecule is Cc1cccc(OC2CN(C(=O)c3cnc4c(c3)ncn4C3CCCC3)C2)c1. The van der Waals surface area contributed by atoms with Crippen LogP contribution in [0.1, 0.15) is 47.6 Å². The monoisotopic (exact) mass is 376 g/mol. The van der Waals surface area contributed by atoms with Gasteiger partial charge in [-0.3, -0.25) is 4.79 Å². The zero-order valence-electron chi connectivity index (χ0n) is 16.0. The average molecular weight is 376 g/mol. The first-order valence-corrected chi connectivity index (χ1v) is 10.0. The molecule has 1 aliphatic heterocycles. The molecule has 1 saturated carbocycles. The summed E-state index contributed by atoms with van der Waals surface area (Å²) in [5.74, 6) is 0.853. The van der Waals surface area contributed by atoms with Gasteiger partial charge in [0.2, 0.25) is 0 Å². The van der Waals surface area contributed by atoms with Crippen LogP contribution in [0.25, 0.3) is 11.2 Å². The summed E-state index contributed by atoms with van der Waals surface area (Å²) in [5, 5.41) is 0. The number of fused-ring (bicyclic) bond motifs is 1. The van der Waals surface area contributed by atoms with Gasteiger partial charge < -0.3 is 14.2 Å². The van der Waals surface area contributed by atoms with Crippen molar-refractivity contribution in [3.05, 3.63) is 54.0 Å². The Hall–Kier alpha value is -2.89. The van der Waals surface area contributed by atoms with Crippen molar-refractivity contribution in [2.24, 2.45) is 0 Å². The standard InChI is InChI=1S/C22H24N4O2/c1-15-5-4-8-18(9-15)28-19-12-25(13-19)22(27)16-10-20-21(23-11-16)26(14-24-20)17-6-2-3-7-17/h4-5,8-11,14,17,19H,2-3,6-7,12-13H2,1H3. The number of likely N-dealkylation sites (tertiary alicyclic amines) is 1. The van der Waals surface area contributed by atoms with Gasteiger partial charge in [-0.2, -0.15) is 0 Å². The molecule has 0 bridgehead atoms. The molecule has 1 amide bonds. The third-order valence-electron chi connectivity index (χ3n) is 5.81.